The summed E-state index contributed by atoms with van der Waals surface area (Å²) in [7, 11) is -3.85. The Hall–Kier alpha value is -2.54. The Morgan fingerprint density at radius 3 is 2.50 bits per heavy atom. The van der Waals surface area contributed by atoms with Crippen LogP contribution in [0.5, 0.6) is 11.5 Å². The summed E-state index contributed by atoms with van der Waals surface area (Å²) in [4.78, 5) is 11.7. The fourth-order valence-corrected chi connectivity index (χ4v) is 3.49. The van der Waals surface area contributed by atoms with Crippen LogP contribution < -0.4 is 14.2 Å². The van der Waals surface area contributed by atoms with Gasteiger partial charge in [-0.3, -0.25) is 9.52 Å². The largest absolute Gasteiger partial charge is 0.490 e. The fourth-order valence-electron chi connectivity index (χ4n) is 2.39. The van der Waals surface area contributed by atoms with Gasteiger partial charge in [0.15, 0.2) is 17.3 Å². The van der Waals surface area contributed by atoms with Crippen LogP contribution in [0.15, 0.2) is 47.4 Å². The van der Waals surface area contributed by atoms with Crippen molar-refractivity contribution < 1.29 is 22.7 Å². The lowest BCUT2D eigenvalue weighted by atomic mass is 10.1. The molecule has 24 heavy (non-hydrogen) atoms. The third-order valence-electron chi connectivity index (χ3n) is 3.58. The lowest BCUT2D eigenvalue weighted by Crippen LogP contribution is -2.15. The van der Waals surface area contributed by atoms with Crippen molar-refractivity contribution in [1.82, 2.24) is 0 Å². The maximum Gasteiger partial charge on any atom is 0.262 e. The number of anilines is 1. The quantitative estimate of drug-likeness (QED) is 0.860. The molecular weight excluding hydrogens is 330 g/mol. The number of para-hydroxylation sites is 1. The predicted octanol–water partition coefficient (Wildman–Crippen LogP) is 2.85. The molecule has 2 aromatic rings. The highest BCUT2D eigenvalue weighted by molar-refractivity contribution is 7.92. The lowest BCUT2D eigenvalue weighted by Gasteiger charge is -2.13. The van der Waals surface area contributed by atoms with Crippen LogP contribution in [0, 0.1) is 0 Å². The highest BCUT2D eigenvalue weighted by Gasteiger charge is 2.20. The first kappa shape index (κ1) is 16.3. The number of sulfonamides is 1. The molecule has 1 aliphatic rings. The number of carbonyl (C=O) groups is 1. The van der Waals surface area contributed by atoms with Gasteiger partial charge in [-0.2, -0.15) is 0 Å². The van der Waals surface area contributed by atoms with Crippen LogP contribution >= 0.6 is 0 Å². The molecule has 0 spiro atoms. The molecule has 0 atom stereocenters. The van der Waals surface area contributed by atoms with E-state index in [4.69, 9.17) is 9.47 Å². The van der Waals surface area contributed by atoms with Crippen molar-refractivity contribution in [2.24, 2.45) is 0 Å². The van der Waals surface area contributed by atoms with Gasteiger partial charge >= 0.3 is 0 Å². The van der Waals surface area contributed by atoms with Gasteiger partial charge in [-0.25, -0.2) is 8.42 Å². The number of hydrogen-bond donors (Lipinski definition) is 1. The monoisotopic (exact) mass is 347 g/mol. The van der Waals surface area contributed by atoms with Gasteiger partial charge in [-0.15, -0.1) is 0 Å². The Morgan fingerprint density at radius 1 is 1.04 bits per heavy atom. The van der Waals surface area contributed by atoms with Gasteiger partial charge in [0, 0.05) is 18.1 Å². The number of fused-ring (bicyclic) bond motifs is 1. The molecule has 126 valence electrons. The molecule has 0 saturated carbocycles. The standard InChI is InChI=1S/C17H17NO5S/c1-12(19)14-5-2-3-6-15(14)18-24(20,21)13-7-8-16-17(11-13)23-10-4-9-22-16/h2-3,5-8,11,18H,4,9-10H2,1H3. The van der Waals surface area contributed by atoms with Crippen LogP contribution in [-0.4, -0.2) is 27.4 Å². The van der Waals surface area contributed by atoms with E-state index in [0.29, 0.717) is 30.3 Å². The Morgan fingerprint density at radius 2 is 1.75 bits per heavy atom. The van der Waals surface area contributed by atoms with E-state index >= 15 is 0 Å². The van der Waals surface area contributed by atoms with Crippen LogP contribution in [0.2, 0.25) is 0 Å². The number of nitrogens with one attached hydrogen (secondary N) is 1. The molecule has 1 heterocycles. The Balaban J connectivity index is 1.94. The summed E-state index contributed by atoms with van der Waals surface area (Å²) in [5.41, 5.74) is 0.563. The molecule has 0 saturated heterocycles. The average Bonchev–Trinajstić information content (AvgIpc) is 2.79. The van der Waals surface area contributed by atoms with Gasteiger partial charge < -0.3 is 9.47 Å². The number of rotatable bonds is 4. The van der Waals surface area contributed by atoms with Gasteiger partial charge in [-0.05, 0) is 31.2 Å². The smallest absolute Gasteiger partial charge is 0.262 e. The maximum atomic E-state index is 12.6. The minimum atomic E-state index is -3.85. The fraction of sp³-hybridized carbons (Fsp3) is 0.235. The maximum absolute atomic E-state index is 12.6. The van der Waals surface area contributed by atoms with Crippen molar-refractivity contribution >= 4 is 21.5 Å². The highest BCUT2D eigenvalue weighted by Crippen LogP contribution is 2.32. The van der Waals surface area contributed by atoms with Crippen LogP contribution in [0.4, 0.5) is 5.69 Å². The number of hydrogen-bond acceptors (Lipinski definition) is 5. The molecule has 1 N–H and O–H groups in total. The van der Waals surface area contributed by atoms with E-state index in [9.17, 15) is 13.2 Å². The van der Waals surface area contributed by atoms with Crippen molar-refractivity contribution in [2.45, 2.75) is 18.2 Å². The second-order valence-corrected chi connectivity index (χ2v) is 7.05. The number of ketones is 1. The summed E-state index contributed by atoms with van der Waals surface area (Å²) < 4.78 is 38.7. The first-order valence-corrected chi connectivity index (χ1v) is 8.98. The zero-order chi connectivity index (χ0) is 17.2. The Bertz CT molecular complexity index is 876. The Labute approximate surface area is 140 Å². The molecule has 2 aromatic carbocycles. The second kappa shape index (κ2) is 6.52. The van der Waals surface area contributed by atoms with E-state index in [1.165, 1.54) is 19.1 Å². The van der Waals surface area contributed by atoms with Crippen molar-refractivity contribution in [3.8, 4) is 11.5 Å². The van der Waals surface area contributed by atoms with Crippen LogP contribution in [0.1, 0.15) is 23.7 Å². The summed E-state index contributed by atoms with van der Waals surface area (Å²) in [6.07, 6.45) is 0.737. The van der Waals surface area contributed by atoms with Crippen molar-refractivity contribution in [1.29, 1.82) is 0 Å². The first-order valence-electron chi connectivity index (χ1n) is 7.50. The van der Waals surface area contributed by atoms with E-state index in [0.717, 1.165) is 6.42 Å². The van der Waals surface area contributed by atoms with Crippen molar-refractivity contribution in [2.75, 3.05) is 17.9 Å². The Kier molecular flexibility index (Phi) is 4.44. The SMILES string of the molecule is CC(=O)c1ccccc1NS(=O)(=O)c1ccc2c(c1)OCCCO2. The van der Waals surface area contributed by atoms with E-state index < -0.39 is 10.0 Å². The minimum absolute atomic E-state index is 0.0464. The van der Waals surface area contributed by atoms with Crippen molar-refractivity contribution in [3.63, 3.8) is 0 Å². The third-order valence-corrected chi connectivity index (χ3v) is 4.94. The number of Topliss-reactive ketones (excluding diaryl/α,β-unsaturated/α-hetero) is 1. The third kappa shape index (κ3) is 3.35. The number of ether oxygens (including phenoxy) is 2. The number of carbonyl (C=O) groups excluding carboxylic acids is 1. The molecule has 0 radical (unpaired) electrons. The summed E-state index contributed by atoms with van der Waals surface area (Å²) in [6, 6.07) is 10.9. The first-order chi connectivity index (χ1) is 11.5. The molecule has 6 nitrogen and oxygen atoms in total. The molecule has 7 heteroatoms. The van der Waals surface area contributed by atoms with Crippen LogP contribution in [0.25, 0.3) is 0 Å². The molecule has 0 fully saturated rings. The van der Waals surface area contributed by atoms with Crippen molar-refractivity contribution in [3.05, 3.63) is 48.0 Å². The van der Waals surface area contributed by atoms with E-state index in [-0.39, 0.29) is 16.4 Å². The number of benzene rings is 2. The topological polar surface area (TPSA) is 81.7 Å². The molecule has 0 amide bonds. The van der Waals surface area contributed by atoms with Crippen LogP contribution in [0.3, 0.4) is 0 Å². The summed E-state index contributed by atoms with van der Waals surface area (Å²) in [6.45, 7) is 2.39. The van der Waals surface area contributed by atoms with Gasteiger partial charge in [0.1, 0.15) is 0 Å². The van der Waals surface area contributed by atoms with Crippen LogP contribution in [-0.2, 0) is 10.0 Å². The molecular formula is C17H17NO5S. The molecule has 1 aliphatic heterocycles. The molecule has 3 rings (SSSR count). The molecule has 0 aromatic heterocycles. The summed E-state index contributed by atoms with van der Waals surface area (Å²) in [5.74, 6) is 0.706. The summed E-state index contributed by atoms with van der Waals surface area (Å²) >= 11 is 0. The zero-order valence-electron chi connectivity index (χ0n) is 13.1. The van der Waals surface area contributed by atoms with E-state index in [1.807, 2.05) is 0 Å². The zero-order valence-corrected chi connectivity index (χ0v) is 13.9. The average molecular weight is 347 g/mol. The minimum Gasteiger partial charge on any atom is -0.490 e. The molecule has 0 bridgehead atoms. The molecule has 0 aliphatic carbocycles. The molecule has 0 unspecified atom stereocenters. The highest BCUT2D eigenvalue weighted by atomic mass is 32.2. The summed E-state index contributed by atoms with van der Waals surface area (Å²) in [5, 5.41) is 0. The van der Waals surface area contributed by atoms with Gasteiger partial charge in [0.05, 0.1) is 23.8 Å². The van der Waals surface area contributed by atoms with Gasteiger partial charge in [0.25, 0.3) is 10.0 Å². The van der Waals surface area contributed by atoms with Gasteiger partial charge in [-0.1, -0.05) is 12.1 Å². The normalized spacial score (nSPS) is 13.9. The van der Waals surface area contributed by atoms with E-state index in [1.54, 1.807) is 30.3 Å². The van der Waals surface area contributed by atoms with Gasteiger partial charge in [0.2, 0.25) is 0 Å². The van der Waals surface area contributed by atoms with E-state index in [2.05, 4.69) is 4.72 Å². The second-order valence-electron chi connectivity index (χ2n) is 5.37. The predicted molar refractivity (Wildman–Crippen MR) is 89.3 cm³/mol. The lowest BCUT2D eigenvalue weighted by molar-refractivity contribution is 0.101.